The van der Waals surface area contributed by atoms with Gasteiger partial charge in [-0.1, -0.05) is 133 Å². The van der Waals surface area contributed by atoms with Gasteiger partial charge in [-0.05, 0) is 82.2 Å². The SMILES string of the molecule is c1ccc(N(c2ccccc2)c2ccc3ccccc3c2-c2c(N(c3ccccc3)c3ccccc3)ccc3ccccc23)cc1. The van der Waals surface area contributed by atoms with Crippen LogP contribution in [0, 0.1) is 0 Å². The summed E-state index contributed by atoms with van der Waals surface area (Å²) in [5.41, 5.74) is 9.04. The van der Waals surface area contributed by atoms with Gasteiger partial charge in [0.05, 0.1) is 11.4 Å². The highest BCUT2D eigenvalue weighted by Gasteiger charge is 2.25. The molecule has 0 aliphatic carbocycles. The maximum absolute atomic E-state index is 2.39. The highest BCUT2D eigenvalue weighted by Crippen LogP contribution is 2.51. The highest BCUT2D eigenvalue weighted by molar-refractivity contribution is 6.16. The summed E-state index contributed by atoms with van der Waals surface area (Å²) in [5, 5.41) is 4.81. The predicted molar refractivity (Wildman–Crippen MR) is 196 cm³/mol. The first-order valence-electron chi connectivity index (χ1n) is 15.7. The van der Waals surface area contributed by atoms with Crippen molar-refractivity contribution in [1.29, 1.82) is 0 Å². The topological polar surface area (TPSA) is 6.48 Å². The quantitative estimate of drug-likeness (QED) is 0.183. The van der Waals surface area contributed by atoms with Crippen molar-refractivity contribution in [3.05, 3.63) is 194 Å². The number of nitrogens with zero attached hydrogens (tertiary/aromatic N) is 2. The van der Waals surface area contributed by atoms with Crippen molar-refractivity contribution in [2.45, 2.75) is 0 Å². The van der Waals surface area contributed by atoms with Crippen LogP contribution < -0.4 is 9.80 Å². The minimum Gasteiger partial charge on any atom is -0.310 e. The third-order valence-corrected chi connectivity index (χ3v) is 8.60. The lowest BCUT2D eigenvalue weighted by atomic mass is 9.89. The molecule has 0 N–H and O–H groups in total. The van der Waals surface area contributed by atoms with Crippen LogP contribution in [-0.4, -0.2) is 0 Å². The van der Waals surface area contributed by atoms with E-state index in [4.69, 9.17) is 0 Å². The second-order valence-electron chi connectivity index (χ2n) is 11.4. The van der Waals surface area contributed by atoms with Crippen LogP contribution in [0.2, 0.25) is 0 Å². The Morgan fingerprint density at radius 3 is 0.848 bits per heavy atom. The summed E-state index contributed by atoms with van der Waals surface area (Å²) in [5.74, 6) is 0. The maximum Gasteiger partial charge on any atom is 0.0547 e. The molecule has 0 fully saturated rings. The zero-order chi connectivity index (χ0) is 30.7. The summed E-state index contributed by atoms with van der Waals surface area (Å²) >= 11 is 0. The van der Waals surface area contributed by atoms with Crippen molar-refractivity contribution in [1.82, 2.24) is 0 Å². The van der Waals surface area contributed by atoms with Gasteiger partial charge in [-0.3, -0.25) is 0 Å². The molecule has 8 aromatic rings. The Balaban J connectivity index is 1.53. The number of hydrogen-bond donors (Lipinski definition) is 0. The summed E-state index contributed by atoms with van der Waals surface area (Å²) < 4.78 is 0. The molecule has 0 radical (unpaired) electrons. The zero-order valence-corrected chi connectivity index (χ0v) is 25.4. The Hall–Kier alpha value is -6.12. The van der Waals surface area contributed by atoms with Crippen LogP contribution in [0.15, 0.2) is 194 Å². The van der Waals surface area contributed by atoms with Gasteiger partial charge in [0.2, 0.25) is 0 Å². The van der Waals surface area contributed by atoms with Crippen LogP contribution in [0.5, 0.6) is 0 Å². The normalized spacial score (nSPS) is 11.0. The maximum atomic E-state index is 2.39. The van der Waals surface area contributed by atoms with Crippen molar-refractivity contribution in [3.63, 3.8) is 0 Å². The molecule has 0 saturated heterocycles. The first-order valence-corrected chi connectivity index (χ1v) is 15.7. The molecule has 0 unspecified atom stereocenters. The third kappa shape index (κ3) is 4.96. The molecule has 0 heterocycles. The molecule has 0 bridgehead atoms. The Labute approximate surface area is 270 Å². The van der Waals surface area contributed by atoms with Gasteiger partial charge in [-0.25, -0.2) is 0 Å². The molecular formula is C44H32N2. The Bertz CT molecular complexity index is 2000. The van der Waals surface area contributed by atoms with E-state index in [1.165, 1.54) is 32.7 Å². The molecule has 0 aromatic heterocycles. The Kier molecular flexibility index (Phi) is 7.22. The molecule has 0 aliphatic rings. The molecule has 8 rings (SSSR count). The van der Waals surface area contributed by atoms with E-state index >= 15 is 0 Å². The lowest BCUT2D eigenvalue weighted by Crippen LogP contribution is -2.14. The fraction of sp³-hybridized carbons (Fsp3) is 0. The van der Waals surface area contributed by atoms with E-state index in [2.05, 4.69) is 204 Å². The second-order valence-corrected chi connectivity index (χ2v) is 11.4. The smallest absolute Gasteiger partial charge is 0.0547 e. The van der Waals surface area contributed by atoms with E-state index in [1.54, 1.807) is 0 Å². The Morgan fingerprint density at radius 2 is 0.522 bits per heavy atom. The number of rotatable bonds is 7. The number of benzene rings is 8. The zero-order valence-electron chi connectivity index (χ0n) is 25.4. The van der Waals surface area contributed by atoms with Crippen molar-refractivity contribution >= 4 is 55.7 Å². The monoisotopic (exact) mass is 588 g/mol. The number of anilines is 6. The minimum atomic E-state index is 1.11. The van der Waals surface area contributed by atoms with E-state index in [9.17, 15) is 0 Å². The van der Waals surface area contributed by atoms with Crippen molar-refractivity contribution in [3.8, 4) is 11.1 Å². The van der Waals surface area contributed by atoms with Gasteiger partial charge in [0, 0.05) is 33.9 Å². The first-order chi connectivity index (χ1) is 22.9. The van der Waals surface area contributed by atoms with Gasteiger partial charge in [-0.15, -0.1) is 0 Å². The van der Waals surface area contributed by atoms with Gasteiger partial charge < -0.3 is 9.80 Å². The van der Waals surface area contributed by atoms with E-state index in [0.29, 0.717) is 0 Å². The lowest BCUT2D eigenvalue weighted by molar-refractivity contribution is 1.27. The largest absolute Gasteiger partial charge is 0.310 e. The van der Waals surface area contributed by atoms with Gasteiger partial charge in [0.1, 0.15) is 0 Å². The molecule has 2 heteroatoms. The summed E-state index contributed by atoms with van der Waals surface area (Å²) in [6, 6.07) is 69.4. The Morgan fingerprint density at radius 1 is 0.239 bits per heavy atom. The van der Waals surface area contributed by atoms with Crippen LogP contribution in [0.4, 0.5) is 34.1 Å². The molecule has 0 saturated carbocycles. The summed E-state index contributed by atoms with van der Waals surface area (Å²) in [7, 11) is 0. The van der Waals surface area contributed by atoms with E-state index in [0.717, 1.165) is 34.1 Å². The van der Waals surface area contributed by atoms with Gasteiger partial charge in [0.15, 0.2) is 0 Å². The van der Waals surface area contributed by atoms with Crippen molar-refractivity contribution < 1.29 is 0 Å². The van der Waals surface area contributed by atoms with Gasteiger partial charge >= 0.3 is 0 Å². The van der Waals surface area contributed by atoms with Gasteiger partial charge in [0.25, 0.3) is 0 Å². The third-order valence-electron chi connectivity index (χ3n) is 8.60. The van der Waals surface area contributed by atoms with Crippen LogP contribution >= 0.6 is 0 Å². The molecule has 8 aromatic carbocycles. The molecule has 0 aliphatic heterocycles. The number of hydrogen-bond acceptors (Lipinski definition) is 2. The van der Waals surface area contributed by atoms with Crippen LogP contribution in [0.3, 0.4) is 0 Å². The highest BCUT2D eigenvalue weighted by atomic mass is 15.2. The van der Waals surface area contributed by atoms with Crippen LogP contribution in [-0.2, 0) is 0 Å². The van der Waals surface area contributed by atoms with Crippen molar-refractivity contribution in [2.24, 2.45) is 0 Å². The molecule has 0 atom stereocenters. The summed E-state index contributed by atoms with van der Waals surface area (Å²) in [4.78, 5) is 4.78. The molecule has 218 valence electrons. The van der Waals surface area contributed by atoms with Crippen LogP contribution in [0.25, 0.3) is 32.7 Å². The molecular weight excluding hydrogens is 556 g/mol. The molecule has 2 nitrogen and oxygen atoms in total. The second kappa shape index (κ2) is 12.1. The minimum absolute atomic E-state index is 1.11. The van der Waals surface area contributed by atoms with Gasteiger partial charge in [-0.2, -0.15) is 0 Å². The molecule has 0 spiro atoms. The predicted octanol–water partition coefficient (Wildman–Crippen LogP) is 12.6. The fourth-order valence-corrected chi connectivity index (χ4v) is 6.58. The average Bonchev–Trinajstić information content (AvgIpc) is 3.14. The number of fused-ring (bicyclic) bond motifs is 2. The number of para-hydroxylation sites is 4. The summed E-state index contributed by atoms with van der Waals surface area (Å²) in [6.07, 6.45) is 0. The van der Waals surface area contributed by atoms with E-state index < -0.39 is 0 Å². The average molecular weight is 589 g/mol. The lowest BCUT2D eigenvalue weighted by Gasteiger charge is -2.32. The fourth-order valence-electron chi connectivity index (χ4n) is 6.58. The van der Waals surface area contributed by atoms with Crippen molar-refractivity contribution in [2.75, 3.05) is 9.80 Å². The van der Waals surface area contributed by atoms with E-state index in [1.807, 2.05) is 0 Å². The summed E-state index contributed by atoms with van der Waals surface area (Å²) in [6.45, 7) is 0. The molecule has 46 heavy (non-hydrogen) atoms. The first kappa shape index (κ1) is 27.4. The molecule has 0 amide bonds. The standard InChI is InChI=1S/C44H32N2/c1-5-19-35(20-6-1)45(36-21-7-2-8-22-36)41-31-29-33-17-13-15-27-39(33)43(41)44-40-28-16-14-18-34(40)30-32-42(44)46(37-23-9-3-10-24-37)38-25-11-4-12-26-38/h1-32H. The van der Waals surface area contributed by atoms with Crippen LogP contribution in [0.1, 0.15) is 0 Å². The van der Waals surface area contributed by atoms with E-state index in [-0.39, 0.29) is 0 Å².